The zero-order valence-corrected chi connectivity index (χ0v) is 13.5. The average Bonchev–Trinajstić information content (AvgIpc) is 2.43. The summed E-state index contributed by atoms with van der Waals surface area (Å²) in [6.07, 6.45) is 0.164. The number of nitrogens with one attached hydrogen (secondary N) is 1. The van der Waals surface area contributed by atoms with Crippen LogP contribution in [-0.4, -0.2) is 25.9 Å². The first-order valence-electron chi connectivity index (χ1n) is 7.71. The van der Waals surface area contributed by atoms with E-state index in [1.54, 1.807) is 0 Å². The van der Waals surface area contributed by atoms with Crippen LogP contribution in [0, 0.1) is 5.92 Å². The van der Waals surface area contributed by atoms with Crippen molar-refractivity contribution in [2.24, 2.45) is 5.92 Å². The molecule has 0 saturated heterocycles. The molecule has 0 heterocycles. The third-order valence-corrected chi connectivity index (χ3v) is 3.30. The van der Waals surface area contributed by atoms with Crippen LogP contribution in [0.2, 0.25) is 0 Å². The summed E-state index contributed by atoms with van der Waals surface area (Å²) in [5, 5.41) is 3.55. The molecule has 3 nitrogen and oxygen atoms in total. The van der Waals surface area contributed by atoms with Crippen molar-refractivity contribution >= 4 is 0 Å². The molecule has 20 heavy (non-hydrogen) atoms. The molecule has 0 aliphatic rings. The van der Waals surface area contributed by atoms with E-state index < -0.39 is 0 Å². The Labute approximate surface area is 123 Å². The molecule has 1 aromatic carbocycles. The smallest absolute Gasteiger partial charge is 0.119 e. The monoisotopic (exact) mass is 279 g/mol. The maximum absolute atomic E-state index is 5.97. The van der Waals surface area contributed by atoms with Crippen LogP contribution in [0.4, 0.5) is 0 Å². The van der Waals surface area contributed by atoms with E-state index >= 15 is 0 Å². The third kappa shape index (κ3) is 4.80. The van der Waals surface area contributed by atoms with Crippen LogP contribution in [0.25, 0.3) is 0 Å². The van der Waals surface area contributed by atoms with E-state index in [1.807, 2.05) is 19.1 Å². The van der Waals surface area contributed by atoms with Crippen LogP contribution in [0.5, 0.6) is 5.75 Å². The fraction of sp³-hybridized carbons (Fsp3) is 0.647. The highest BCUT2D eigenvalue weighted by molar-refractivity contribution is 5.31. The van der Waals surface area contributed by atoms with Crippen molar-refractivity contribution in [3.8, 4) is 5.75 Å². The minimum Gasteiger partial charge on any atom is -0.494 e. The average molecular weight is 279 g/mol. The highest BCUT2D eigenvalue weighted by Crippen LogP contribution is 2.27. The minimum atomic E-state index is 0.164. The van der Waals surface area contributed by atoms with Crippen LogP contribution in [0.15, 0.2) is 24.3 Å². The number of hydrogen-bond acceptors (Lipinski definition) is 3. The van der Waals surface area contributed by atoms with Gasteiger partial charge in [-0.3, -0.25) is 0 Å². The molecule has 1 aromatic rings. The van der Waals surface area contributed by atoms with Gasteiger partial charge in [-0.2, -0.15) is 0 Å². The van der Waals surface area contributed by atoms with Gasteiger partial charge in [0.1, 0.15) is 5.75 Å². The highest BCUT2D eigenvalue weighted by atomic mass is 16.5. The summed E-state index contributed by atoms with van der Waals surface area (Å²) in [5.41, 5.74) is 1.23. The van der Waals surface area contributed by atoms with Gasteiger partial charge in [-0.1, -0.05) is 32.9 Å². The van der Waals surface area contributed by atoms with Crippen molar-refractivity contribution in [2.45, 2.75) is 46.8 Å². The molecule has 0 spiro atoms. The molecular weight excluding hydrogens is 250 g/mol. The Morgan fingerprint density at radius 2 is 1.85 bits per heavy atom. The first kappa shape index (κ1) is 17.0. The molecule has 2 unspecified atom stereocenters. The van der Waals surface area contributed by atoms with Gasteiger partial charge in [0, 0.05) is 6.61 Å². The first-order chi connectivity index (χ1) is 9.63. The van der Waals surface area contributed by atoms with Gasteiger partial charge in [0.15, 0.2) is 0 Å². The molecule has 0 bridgehead atoms. The van der Waals surface area contributed by atoms with Crippen LogP contribution in [-0.2, 0) is 4.74 Å². The lowest BCUT2D eigenvalue weighted by atomic mass is 9.93. The van der Waals surface area contributed by atoms with Crippen LogP contribution in [0.1, 0.15) is 46.2 Å². The molecule has 0 amide bonds. The number of rotatable bonds is 9. The second kappa shape index (κ2) is 8.98. The SMILES string of the molecule is CCNC(c1cccc(OCC)c1)C(OCC)C(C)C. The van der Waals surface area contributed by atoms with Gasteiger partial charge in [0.05, 0.1) is 18.8 Å². The predicted molar refractivity (Wildman–Crippen MR) is 84.3 cm³/mol. The lowest BCUT2D eigenvalue weighted by Crippen LogP contribution is -2.37. The lowest BCUT2D eigenvalue weighted by Gasteiger charge is -2.31. The van der Waals surface area contributed by atoms with Crippen molar-refractivity contribution in [1.82, 2.24) is 5.32 Å². The second-order valence-electron chi connectivity index (χ2n) is 5.20. The van der Waals surface area contributed by atoms with Crippen LogP contribution < -0.4 is 10.1 Å². The molecule has 1 N–H and O–H groups in total. The Morgan fingerprint density at radius 3 is 2.40 bits per heavy atom. The summed E-state index contributed by atoms with van der Waals surface area (Å²) in [6.45, 7) is 12.9. The summed E-state index contributed by atoms with van der Waals surface area (Å²) in [5.74, 6) is 1.38. The molecule has 0 saturated carbocycles. The van der Waals surface area contributed by atoms with Crippen molar-refractivity contribution in [2.75, 3.05) is 19.8 Å². The van der Waals surface area contributed by atoms with Gasteiger partial charge in [-0.05, 0) is 44.0 Å². The molecule has 0 aliphatic carbocycles. The topological polar surface area (TPSA) is 30.5 Å². The van der Waals surface area contributed by atoms with Crippen molar-refractivity contribution < 1.29 is 9.47 Å². The number of hydrogen-bond donors (Lipinski definition) is 1. The number of benzene rings is 1. The molecule has 0 radical (unpaired) electrons. The summed E-state index contributed by atoms with van der Waals surface area (Å²) in [6, 6.07) is 8.50. The Morgan fingerprint density at radius 1 is 1.10 bits per heavy atom. The first-order valence-corrected chi connectivity index (χ1v) is 7.71. The van der Waals surface area contributed by atoms with Crippen molar-refractivity contribution in [3.63, 3.8) is 0 Å². The number of likely N-dealkylation sites (N-methyl/N-ethyl adjacent to an activating group) is 1. The van der Waals surface area contributed by atoms with Gasteiger partial charge < -0.3 is 14.8 Å². The normalized spacial score (nSPS) is 14.3. The van der Waals surface area contributed by atoms with Gasteiger partial charge in [-0.25, -0.2) is 0 Å². The Kier molecular flexibility index (Phi) is 7.63. The quantitative estimate of drug-likeness (QED) is 0.746. The zero-order valence-electron chi connectivity index (χ0n) is 13.5. The Balaban J connectivity index is 3.01. The molecule has 3 heteroatoms. The van der Waals surface area contributed by atoms with Gasteiger partial charge in [-0.15, -0.1) is 0 Å². The zero-order chi connectivity index (χ0) is 15.0. The molecule has 1 rings (SSSR count). The second-order valence-corrected chi connectivity index (χ2v) is 5.20. The maximum Gasteiger partial charge on any atom is 0.119 e. The van der Waals surface area contributed by atoms with Gasteiger partial charge >= 0.3 is 0 Å². The van der Waals surface area contributed by atoms with Gasteiger partial charge in [0.2, 0.25) is 0 Å². The fourth-order valence-electron chi connectivity index (χ4n) is 2.47. The molecule has 2 atom stereocenters. The summed E-state index contributed by atoms with van der Waals surface area (Å²) in [4.78, 5) is 0. The van der Waals surface area contributed by atoms with Gasteiger partial charge in [0.25, 0.3) is 0 Å². The van der Waals surface area contributed by atoms with E-state index in [9.17, 15) is 0 Å². The largest absolute Gasteiger partial charge is 0.494 e. The van der Waals surface area contributed by atoms with Crippen molar-refractivity contribution in [3.05, 3.63) is 29.8 Å². The molecule has 114 valence electrons. The van der Waals surface area contributed by atoms with E-state index in [1.165, 1.54) is 5.56 Å². The standard InChI is InChI=1S/C17H29NO2/c1-6-18-16(17(13(4)5)20-8-3)14-10-9-11-15(12-14)19-7-2/h9-13,16-18H,6-8H2,1-5H3. The number of ether oxygens (including phenoxy) is 2. The third-order valence-electron chi connectivity index (χ3n) is 3.30. The lowest BCUT2D eigenvalue weighted by molar-refractivity contribution is 0.00313. The van der Waals surface area contributed by atoms with Crippen LogP contribution in [0.3, 0.4) is 0 Å². The van der Waals surface area contributed by atoms with Crippen molar-refractivity contribution in [1.29, 1.82) is 0 Å². The predicted octanol–water partition coefficient (Wildman–Crippen LogP) is 3.80. The van der Waals surface area contributed by atoms with E-state index in [4.69, 9.17) is 9.47 Å². The summed E-state index contributed by atoms with van der Waals surface area (Å²) < 4.78 is 11.6. The van der Waals surface area contributed by atoms with E-state index in [0.29, 0.717) is 12.5 Å². The van der Waals surface area contributed by atoms with Crippen LogP contribution >= 0.6 is 0 Å². The summed E-state index contributed by atoms with van der Waals surface area (Å²) in [7, 11) is 0. The minimum absolute atomic E-state index is 0.164. The molecule has 0 aliphatic heterocycles. The Bertz CT molecular complexity index is 379. The van der Waals surface area contributed by atoms with E-state index in [-0.39, 0.29) is 12.1 Å². The maximum atomic E-state index is 5.97. The van der Waals surface area contributed by atoms with E-state index in [2.05, 4.69) is 45.1 Å². The molecule has 0 aromatic heterocycles. The highest BCUT2D eigenvalue weighted by Gasteiger charge is 2.26. The fourth-order valence-corrected chi connectivity index (χ4v) is 2.47. The molecule has 0 fully saturated rings. The molecular formula is C17H29NO2. The Hall–Kier alpha value is -1.06. The van der Waals surface area contributed by atoms with E-state index in [0.717, 1.165) is 18.9 Å². The summed E-state index contributed by atoms with van der Waals surface area (Å²) >= 11 is 0.